The SMILES string of the molecule is O=C(COc1ccc(/C=C2\SC(=S)N(c3ccccc3)C2=O)cc1Cl)Nc1ccccc1F. The number of para-hydroxylation sites is 2. The molecule has 0 aliphatic carbocycles. The van der Waals surface area contributed by atoms with E-state index in [1.807, 2.05) is 30.3 Å². The standard InChI is InChI=1S/C24H16ClFN2O3S2/c25-17-12-15(13-21-23(30)28(24(32)33-21)16-6-2-1-3-7-16)10-11-20(17)31-14-22(29)27-19-9-5-4-8-18(19)26/h1-13H,14H2,(H,27,29)/b21-13-. The van der Waals surface area contributed by atoms with Crippen molar-refractivity contribution >= 4 is 69.2 Å². The predicted octanol–water partition coefficient (Wildman–Crippen LogP) is 5.90. The summed E-state index contributed by atoms with van der Waals surface area (Å²) in [4.78, 5) is 26.8. The van der Waals surface area contributed by atoms with E-state index in [1.54, 1.807) is 30.3 Å². The molecule has 0 unspecified atom stereocenters. The first-order valence-electron chi connectivity index (χ1n) is 9.72. The van der Waals surface area contributed by atoms with Gasteiger partial charge in [0.15, 0.2) is 10.9 Å². The molecule has 1 heterocycles. The number of rotatable bonds is 6. The number of anilines is 2. The summed E-state index contributed by atoms with van der Waals surface area (Å²) in [5.74, 6) is -0.984. The van der Waals surface area contributed by atoms with E-state index < -0.39 is 11.7 Å². The smallest absolute Gasteiger partial charge is 0.270 e. The van der Waals surface area contributed by atoms with Gasteiger partial charge in [0.2, 0.25) is 0 Å². The van der Waals surface area contributed by atoms with Gasteiger partial charge >= 0.3 is 0 Å². The molecular weight excluding hydrogens is 483 g/mol. The summed E-state index contributed by atoms with van der Waals surface area (Å²) in [6.07, 6.45) is 1.70. The van der Waals surface area contributed by atoms with E-state index in [2.05, 4.69) is 5.32 Å². The zero-order valence-electron chi connectivity index (χ0n) is 17.0. The van der Waals surface area contributed by atoms with Crippen LogP contribution in [-0.2, 0) is 9.59 Å². The third-order valence-electron chi connectivity index (χ3n) is 4.57. The summed E-state index contributed by atoms with van der Waals surface area (Å²) < 4.78 is 19.6. The summed E-state index contributed by atoms with van der Waals surface area (Å²) >= 11 is 12.9. The van der Waals surface area contributed by atoms with E-state index >= 15 is 0 Å². The van der Waals surface area contributed by atoms with Crippen LogP contribution in [0.4, 0.5) is 15.8 Å². The number of nitrogens with one attached hydrogen (secondary N) is 1. The molecule has 4 rings (SSSR count). The molecule has 0 atom stereocenters. The average molecular weight is 499 g/mol. The van der Waals surface area contributed by atoms with Crippen LogP contribution in [0.2, 0.25) is 5.02 Å². The Bertz CT molecular complexity index is 1270. The number of thiocarbonyl (C=S) groups is 1. The van der Waals surface area contributed by atoms with Gasteiger partial charge in [0, 0.05) is 0 Å². The molecule has 2 amide bonds. The normalized spacial score (nSPS) is 14.6. The second-order valence-electron chi connectivity index (χ2n) is 6.86. The van der Waals surface area contributed by atoms with E-state index in [1.165, 1.54) is 34.9 Å². The fourth-order valence-electron chi connectivity index (χ4n) is 3.03. The van der Waals surface area contributed by atoms with Gasteiger partial charge in [-0.05, 0) is 48.0 Å². The summed E-state index contributed by atoms with van der Waals surface area (Å²) in [7, 11) is 0. The Balaban J connectivity index is 1.42. The van der Waals surface area contributed by atoms with Gasteiger partial charge in [-0.3, -0.25) is 14.5 Å². The van der Waals surface area contributed by atoms with Crippen LogP contribution >= 0.6 is 35.6 Å². The number of carbonyl (C=O) groups is 2. The fraction of sp³-hybridized carbons (Fsp3) is 0.0417. The molecule has 1 aliphatic rings. The van der Waals surface area contributed by atoms with Crippen LogP contribution in [0.15, 0.2) is 77.7 Å². The maximum absolute atomic E-state index is 13.6. The lowest BCUT2D eigenvalue weighted by Crippen LogP contribution is -2.27. The van der Waals surface area contributed by atoms with E-state index in [-0.39, 0.29) is 29.0 Å². The van der Waals surface area contributed by atoms with E-state index in [0.29, 0.717) is 20.5 Å². The summed E-state index contributed by atoms with van der Waals surface area (Å²) in [6, 6.07) is 20.0. The first kappa shape index (κ1) is 23.0. The van der Waals surface area contributed by atoms with Crippen molar-refractivity contribution in [3.8, 4) is 5.75 Å². The third kappa shape index (κ3) is 5.42. The van der Waals surface area contributed by atoms with Crippen LogP contribution in [-0.4, -0.2) is 22.7 Å². The quantitative estimate of drug-likeness (QED) is 0.338. The molecule has 1 aliphatic heterocycles. The first-order chi connectivity index (χ1) is 15.9. The largest absolute Gasteiger partial charge is 0.482 e. The first-order valence-corrected chi connectivity index (χ1v) is 11.3. The molecule has 3 aromatic carbocycles. The van der Waals surface area contributed by atoms with Crippen molar-refractivity contribution in [2.45, 2.75) is 0 Å². The molecule has 33 heavy (non-hydrogen) atoms. The van der Waals surface area contributed by atoms with Crippen LogP contribution in [0.3, 0.4) is 0 Å². The van der Waals surface area contributed by atoms with Gasteiger partial charge in [0.1, 0.15) is 11.6 Å². The third-order valence-corrected chi connectivity index (χ3v) is 6.17. The molecule has 0 spiro atoms. The van der Waals surface area contributed by atoms with Gasteiger partial charge in [-0.1, -0.05) is 72.0 Å². The molecule has 1 fully saturated rings. The van der Waals surface area contributed by atoms with Gasteiger partial charge in [-0.2, -0.15) is 0 Å². The lowest BCUT2D eigenvalue weighted by atomic mass is 10.2. The van der Waals surface area contributed by atoms with Crippen LogP contribution in [0.25, 0.3) is 6.08 Å². The Kier molecular flexibility index (Phi) is 7.08. The average Bonchev–Trinajstić information content (AvgIpc) is 3.08. The lowest BCUT2D eigenvalue weighted by Gasteiger charge is -2.13. The Morgan fingerprint density at radius 1 is 1.12 bits per heavy atom. The van der Waals surface area contributed by atoms with Crippen LogP contribution in [0.1, 0.15) is 5.56 Å². The van der Waals surface area contributed by atoms with Crippen molar-refractivity contribution in [1.82, 2.24) is 0 Å². The number of thioether (sulfide) groups is 1. The van der Waals surface area contributed by atoms with Crippen molar-refractivity contribution < 1.29 is 18.7 Å². The van der Waals surface area contributed by atoms with E-state index in [0.717, 1.165) is 0 Å². The monoisotopic (exact) mass is 498 g/mol. The number of ether oxygens (including phenoxy) is 1. The maximum Gasteiger partial charge on any atom is 0.270 e. The number of benzene rings is 3. The number of hydrogen-bond donors (Lipinski definition) is 1. The summed E-state index contributed by atoms with van der Waals surface area (Å²) in [5, 5.41) is 2.70. The number of nitrogens with zero attached hydrogens (tertiary/aromatic N) is 1. The number of hydrogen-bond acceptors (Lipinski definition) is 5. The second-order valence-corrected chi connectivity index (χ2v) is 8.94. The molecule has 166 valence electrons. The number of amides is 2. The van der Waals surface area contributed by atoms with Crippen LogP contribution in [0, 0.1) is 5.82 Å². The summed E-state index contributed by atoms with van der Waals surface area (Å²) in [5.41, 5.74) is 1.45. The molecule has 0 aromatic heterocycles. The van der Waals surface area contributed by atoms with Gasteiger partial charge in [-0.25, -0.2) is 4.39 Å². The van der Waals surface area contributed by atoms with Gasteiger partial charge in [0.05, 0.1) is 21.3 Å². The van der Waals surface area contributed by atoms with Gasteiger partial charge in [0.25, 0.3) is 11.8 Å². The molecule has 0 radical (unpaired) electrons. The van der Waals surface area contributed by atoms with Crippen LogP contribution in [0.5, 0.6) is 5.75 Å². The second kappa shape index (κ2) is 10.2. The molecule has 3 aromatic rings. The highest BCUT2D eigenvalue weighted by atomic mass is 35.5. The minimum Gasteiger partial charge on any atom is -0.482 e. The van der Waals surface area contributed by atoms with Gasteiger partial charge < -0.3 is 10.1 Å². The maximum atomic E-state index is 13.6. The number of halogens is 2. The topological polar surface area (TPSA) is 58.6 Å². The molecule has 1 N–H and O–H groups in total. The molecule has 0 bridgehead atoms. The Labute approximate surface area is 204 Å². The zero-order valence-corrected chi connectivity index (χ0v) is 19.3. The minimum absolute atomic E-state index is 0.0698. The van der Waals surface area contributed by atoms with E-state index in [9.17, 15) is 14.0 Å². The highest BCUT2D eigenvalue weighted by molar-refractivity contribution is 8.27. The van der Waals surface area contributed by atoms with Crippen molar-refractivity contribution in [2.75, 3.05) is 16.8 Å². The predicted molar refractivity (Wildman–Crippen MR) is 134 cm³/mol. The lowest BCUT2D eigenvalue weighted by molar-refractivity contribution is -0.118. The zero-order chi connectivity index (χ0) is 23.4. The Morgan fingerprint density at radius 3 is 2.58 bits per heavy atom. The fourth-order valence-corrected chi connectivity index (χ4v) is 4.58. The van der Waals surface area contributed by atoms with Crippen molar-refractivity contribution in [1.29, 1.82) is 0 Å². The minimum atomic E-state index is -0.536. The Morgan fingerprint density at radius 2 is 1.85 bits per heavy atom. The Hall–Kier alpha value is -3.20. The highest BCUT2D eigenvalue weighted by Gasteiger charge is 2.33. The molecule has 9 heteroatoms. The molecule has 1 saturated heterocycles. The molecule has 0 saturated carbocycles. The van der Waals surface area contributed by atoms with Crippen molar-refractivity contribution in [3.63, 3.8) is 0 Å². The van der Waals surface area contributed by atoms with E-state index in [4.69, 9.17) is 28.6 Å². The van der Waals surface area contributed by atoms with Crippen molar-refractivity contribution in [2.24, 2.45) is 0 Å². The van der Waals surface area contributed by atoms with Crippen LogP contribution < -0.4 is 15.0 Å². The highest BCUT2D eigenvalue weighted by Crippen LogP contribution is 2.36. The van der Waals surface area contributed by atoms with Crippen molar-refractivity contribution in [3.05, 3.63) is 94.1 Å². The molecular formula is C24H16ClFN2O3S2. The molecule has 5 nitrogen and oxygen atoms in total. The summed E-state index contributed by atoms with van der Waals surface area (Å²) in [6.45, 7) is -0.344. The van der Waals surface area contributed by atoms with Gasteiger partial charge in [-0.15, -0.1) is 0 Å². The number of carbonyl (C=O) groups excluding carboxylic acids is 2.